The highest BCUT2D eigenvalue weighted by Crippen LogP contribution is 2.25. The van der Waals surface area contributed by atoms with E-state index in [0.29, 0.717) is 11.3 Å². The third-order valence-corrected chi connectivity index (χ3v) is 4.85. The zero-order chi connectivity index (χ0) is 19.5. The number of hydrogen-bond donors (Lipinski definition) is 2. The standard InChI is InChI=1S/C24H19NO3/c26-22(14-16-10-12-18(13-11-16)17-6-2-1-3-7-17)24-20(15-23(27)28)19-8-4-5-9-21(19)25-24/h1-13,25H,14-15H2,(H,27,28). The van der Waals surface area contributed by atoms with Crippen LogP contribution in [0.25, 0.3) is 22.0 Å². The lowest BCUT2D eigenvalue weighted by Crippen LogP contribution is -2.10. The van der Waals surface area contributed by atoms with Crippen molar-refractivity contribution in [3.05, 3.63) is 95.7 Å². The van der Waals surface area contributed by atoms with Crippen molar-refractivity contribution in [1.29, 1.82) is 0 Å². The van der Waals surface area contributed by atoms with Crippen LogP contribution in [0.4, 0.5) is 0 Å². The second-order valence-corrected chi connectivity index (χ2v) is 6.76. The number of carbonyl (C=O) groups excluding carboxylic acids is 1. The summed E-state index contributed by atoms with van der Waals surface area (Å²) in [5, 5.41) is 10.0. The Labute approximate surface area is 162 Å². The van der Waals surface area contributed by atoms with Crippen LogP contribution in [0.15, 0.2) is 78.9 Å². The largest absolute Gasteiger partial charge is 0.481 e. The van der Waals surface area contributed by atoms with Crippen molar-refractivity contribution in [2.45, 2.75) is 12.8 Å². The molecule has 0 unspecified atom stereocenters. The van der Waals surface area contributed by atoms with Crippen molar-refractivity contribution < 1.29 is 14.7 Å². The molecule has 0 aliphatic heterocycles. The monoisotopic (exact) mass is 369 g/mol. The molecule has 3 aromatic carbocycles. The van der Waals surface area contributed by atoms with Crippen molar-refractivity contribution in [2.75, 3.05) is 0 Å². The van der Waals surface area contributed by atoms with Gasteiger partial charge in [0.2, 0.25) is 0 Å². The van der Waals surface area contributed by atoms with E-state index >= 15 is 0 Å². The Bertz CT molecular complexity index is 1140. The topological polar surface area (TPSA) is 70.2 Å². The van der Waals surface area contributed by atoms with E-state index in [4.69, 9.17) is 0 Å². The van der Waals surface area contributed by atoms with E-state index in [0.717, 1.165) is 27.6 Å². The summed E-state index contributed by atoms with van der Waals surface area (Å²) in [7, 11) is 0. The average Bonchev–Trinajstić information content (AvgIpc) is 3.07. The predicted octanol–water partition coefficient (Wildman–Crippen LogP) is 4.89. The molecule has 0 amide bonds. The van der Waals surface area contributed by atoms with Gasteiger partial charge in [0.1, 0.15) is 0 Å². The molecule has 2 N–H and O–H groups in total. The Morgan fingerprint density at radius 1 is 0.750 bits per heavy atom. The number of nitrogens with one attached hydrogen (secondary N) is 1. The molecule has 0 atom stereocenters. The minimum absolute atomic E-state index is 0.111. The summed E-state index contributed by atoms with van der Waals surface area (Å²) in [5.41, 5.74) is 4.82. The first kappa shape index (κ1) is 17.7. The van der Waals surface area contributed by atoms with E-state index in [9.17, 15) is 14.7 Å². The van der Waals surface area contributed by atoms with Crippen LogP contribution in [0, 0.1) is 0 Å². The number of Topliss-reactive ketones (excluding diaryl/α,β-unsaturated/α-hetero) is 1. The van der Waals surface area contributed by atoms with E-state index in [-0.39, 0.29) is 18.6 Å². The van der Waals surface area contributed by atoms with Crippen molar-refractivity contribution in [1.82, 2.24) is 4.98 Å². The average molecular weight is 369 g/mol. The van der Waals surface area contributed by atoms with E-state index in [1.54, 1.807) is 0 Å². The maximum atomic E-state index is 12.9. The van der Waals surface area contributed by atoms with E-state index in [2.05, 4.69) is 4.98 Å². The Kier molecular flexibility index (Phi) is 4.77. The summed E-state index contributed by atoms with van der Waals surface area (Å²) < 4.78 is 0. The van der Waals surface area contributed by atoms with Crippen LogP contribution >= 0.6 is 0 Å². The first-order chi connectivity index (χ1) is 13.6. The fourth-order valence-electron chi connectivity index (χ4n) is 3.49. The van der Waals surface area contributed by atoms with Crippen molar-refractivity contribution in [3.63, 3.8) is 0 Å². The number of rotatable bonds is 6. The van der Waals surface area contributed by atoms with Gasteiger partial charge in [0, 0.05) is 17.3 Å². The number of benzene rings is 3. The van der Waals surface area contributed by atoms with Crippen LogP contribution in [0.1, 0.15) is 21.6 Å². The number of carboxylic acid groups (broad SMARTS) is 1. The fraction of sp³-hybridized carbons (Fsp3) is 0.0833. The lowest BCUT2D eigenvalue weighted by molar-refractivity contribution is -0.136. The number of aromatic amines is 1. The van der Waals surface area contributed by atoms with Crippen LogP contribution in [0.5, 0.6) is 0 Å². The number of para-hydroxylation sites is 1. The van der Waals surface area contributed by atoms with Crippen LogP contribution in [-0.2, 0) is 17.6 Å². The number of aromatic nitrogens is 1. The van der Waals surface area contributed by atoms with Gasteiger partial charge in [0.15, 0.2) is 5.78 Å². The number of fused-ring (bicyclic) bond motifs is 1. The molecular weight excluding hydrogens is 350 g/mol. The summed E-state index contributed by atoms with van der Waals surface area (Å²) in [6, 6.07) is 25.3. The maximum Gasteiger partial charge on any atom is 0.307 e. The molecule has 4 rings (SSSR count). The van der Waals surface area contributed by atoms with E-state index in [1.165, 1.54) is 0 Å². The lowest BCUT2D eigenvalue weighted by atomic mass is 9.99. The molecule has 138 valence electrons. The number of aliphatic carboxylic acids is 1. The minimum Gasteiger partial charge on any atom is -0.481 e. The van der Waals surface area contributed by atoms with Crippen molar-refractivity contribution in [2.24, 2.45) is 0 Å². The van der Waals surface area contributed by atoms with Gasteiger partial charge in [0.05, 0.1) is 12.1 Å². The van der Waals surface area contributed by atoms with Crippen molar-refractivity contribution >= 4 is 22.7 Å². The quantitative estimate of drug-likeness (QED) is 0.476. The summed E-state index contributed by atoms with van der Waals surface area (Å²) >= 11 is 0. The molecule has 0 aliphatic rings. The molecule has 0 fully saturated rings. The molecule has 0 radical (unpaired) electrons. The number of ketones is 1. The Morgan fingerprint density at radius 2 is 1.39 bits per heavy atom. The molecule has 0 saturated heterocycles. The maximum absolute atomic E-state index is 12.9. The van der Waals surface area contributed by atoms with Gasteiger partial charge in [-0.1, -0.05) is 72.8 Å². The van der Waals surface area contributed by atoms with Gasteiger partial charge in [-0.05, 0) is 28.3 Å². The molecule has 4 nitrogen and oxygen atoms in total. The predicted molar refractivity (Wildman–Crippen MR) is 110 cm³/mol. The third-order valence-electron chi connectivity index (χ3n) is 4.85. The number of carboxylic acids is 1. The van der Waals surface area contributed by atoms with Gasteiger partial charge >= 0.3 is 5.97 Å². The van der Waals surface area contributed by atoms with Gasteiger partial charge in [-0.25, -0.2) is 0 Å². The number of H-pyrrole nitrogens is 1. The summed E-state index contributed by atoms with van der Waals surface area (Å²) in [6.45, 7) is 0. The SMILES string of the molecule is O=C(O)Cc1c(C(=O)Cc2ccc(-c3ccccc3)cc2)[nH]c2ccccc12. The zero-order valence-electron chi connectivity index (χ0n) is 15.2. The summed E-state index contributed by atoms with van der Waals surface area (Å²) in [4.78, 5) is 27.3. The van der Waals surface area contributed by atoms with Crippen LogP contribution < -0.4 is 0 Å². The first-order valence-electron chi connectivity index (χ1n) is 9.11. The summed E-state index contributed by atoms with van der Waals surface area (Å²) in [5.74, 6) is -1.06. The van der Waals surface area contributed by atoms with E-state index in [1.807, 2.05) is 78.9 Å². The first-order valence-corrected chi connectivity index (χ1v) is 9.11. The summed E-state index contributed by atoms with van der Waals surface area (Å²) in [6.07, 6.45) is 0.0343. The van der Waals surface area contributed by atoms with Gasteiger partial charge in [-0.2, -0.15) is 0 Å². The molecular formula is C24H19NO3. The fourth-order valence-corrected chi connectivity index (χ4v) is 3.49. The Morgan fingerprint density at radius 3 is 2.11 bits per heavy atom. The highest BCUT2D eigenvalue weighted by Gasteiger charge is 2.19. The molecule has 0 saturated carbocycles. The third kappa shape index (κ3) is 3.58. The normalized spacial score (nSPS) is 10.9. The second-order valence-electron chi connectivity index (χ2n) is 6.76. The number of hydrogen-bond acceptors (Lipinski definition) is 2. The molecule has 0 spiro atoms. The molecule has 1 heterocycles. The van der Waals surface area contributed by atoms with Crippen LogP contribution in [0.2, 0.25) is 0 Å². The van der Waals surface area contributed by atoms with Crippen LogP contribution in [0.3, 0.4) is 0 Å². The molecule has 0 aliphatic carbocycles. The molecule has 1 aromatic heterocycles. The molecule has 28 heavy (non-hydrogen) atoms. The molecule has 4 heteroatoms. The van der Waals surface area contributed by atoms with Gasteiger partial charge in [0.25, 0.3) is 0 Å². The van der Waals surface area contributed by atoms with Gasteiger partial charge in [-0.15, -0.1) is 0 Å². The molecule has 4 aromatic rings. The van der Waals surface area contributed by atoms with Gasteiger partial charge < -0.3 is 10.1 Å². The smallest absolute Gasteiger partial charge is 0.307 e. The molecule has 0 bridgehead atoms. The Hall–Kier alpha value is -3.66. The van der Waals surface area contributed by atoms with Crippen molar-refractivity contribution in [3.8, 4) is 11.1 Å². The highest BCUT2D eigenvalue weighted by atomic mass is 16.4. The minimum atomic E-state index is -0.953. The van der Waals surface area contributed by atoms with Crippen LogP contribution in [-0.4, -0.2) is 21.8 Å². The Balaban J connectivity index is 1.61. The number of carbonyl (C=O) groups is 2. The van der Waals surface area contributed by atoms with Gasteiger partial charge in [-0.3, -0.25) is 9.59 Å². The zero-order valence-corrected chi connectivity index (χ0v) is 15.2. The highest BCUT2D eigenvalue weighted by molar-refractivity contribution is 6.04. The van der Waals surface area contributed by atoms with E-state index < -0.39 is 5.97 Å². The second kappa shape index (κ2) is 7.53. The lowest BCUT2D eigenvalue weighted by Gasteiger charge is -2.05.